The lowest BCUT2D eigenvalue weighted by Crippen LogP contribution is -2.63. The molecule has 0 aliphatic carbocycles. The summed E-state index contributed by atoms with van der Waals surface area (Å²) in [4.78, 5) is 26.1. The molecule has 0 spiro atoms. The average molecular weight is 464 g/mol. The van der Waals surface area contributed by atoms with Crippen molar-refractivity contribution in [1.29, 1.82) is 0 Å². The Morgan fingerprint density at radius 2 is 1.86 bits per heavy atom. The van der Waals surface area contributed by atoms with Gasteiger partial charge in [0.15, 0.2) is 0 Å². The molecule has 4 rings (SSSR count). The van der Waals surface area contributed by atoms with Crippen LogP contribution in [0.15, 0.2) is 10.6 Å². The summed E-state index contributed by atoms with van der Waals surface area (Å²) in [6.07, 6.45) is -0.836. The van der Waals surface area contributed by atoms with Gasteiger partial charge in [-0.3, -0.25) is 4.79 Å². The highest BCUT2D eigenvalue weighted by molar-refractivity contribution is 8.04. The van der Waals surface area contributed by atoms with E-state index in [9.17, 15) is 28.2 Å². The van der Waals surface area contributed by atoms with Crippen molar-refractivity contribution >= 4 is 45.6 Å². The van der Waals surface area contributed by atoms with E-state index in [1.807, 2.05) is 6.92 Å². The van der Waals surface area contributed by atoms with Crippen LogP contribution in [-0.4, -0.2) is 99.1 Å². The van der Waals surface area contributed by atoms with E-state index in [2.05, 4.69) is 0 Å². The Hall–Kier alpha value is -0.790. The number of nitrogens with zero attached hydrogens (tertiary/aromatic N) is 3. The Bertz CT molecular complexity index is 848. The molecule has 1 amide bonds. The monoisotopic (exact) mass is 463 g/mol. The van der Waals surface area contributed by atoms with Crippen LogP contribution in [0, 0.1) is 11.8 Å². The number of carboxylic acids is 1. The van der Waals surface area contributed by atoms with Crippen LogP contribution in [0.2, 0.25) is 0 Å². The fourth-order valence-corrected chi connectivity index (χ4v) is 9.01. The number of carboxylic acid groups (broad SMARTS) is 1. The summed E-state index contributed by atoms with van der Waals surface area (Å²) in [5, 5.41) is 19.5. The molecule has 9 nitrogen and oxygen atoms in total. The second-order valence-corrected chi connectivity index (χ2v) is 12.3. The number of carbonyl (C=O) groups excluding carboxylic acids is 1. The molecular weight excluding hydrogens is 438 g/mol. The Kier molecular flexibility index (Phi) is 5.71. The molecule has 0 aromatic carbocycles. The van der Waals surface area contributed by atoms with Crippen molar-refractivity contribution < 1.29 is 28.2 Å². The van der Waals surface area contributed by atoms with Gasteiger partial charge in [0.25, 0.3) is 10.2 Å². The lowest BCUT2D eigenvalue weighted by Gasteiger charge is -2.46. The number of amides is 1. The van der Waals surface area contributed by atoms with Crippen LogP contribution in [-0.2, 0) is 19.8 Å². The number of aliphatic carboxylic acids is 1. The molecule has 2 N–H and O–H groups in total. The molecule has 0 radical (unpaired) electrons. The number of aliphatic hydroxyl groups excluding tert-OH is 1. The van der Waals surface area contributed by atoms with Gasteiger partial charge < -0.3 is 15.1 Å². The largest absolute Gasteiger partial charge is 0.477 e. The molecule has 0 bridgehead atoms. The molecule has 4 aliphatic rings. The van der Waals surface area contributed by atoms with Crippen molar-refractivity contribution in [3.05, 3.63) is 10.6 Å². The number of thioether (sulfide) groups is 2. The van der Waals surface area contributed by atoms with E-state index in [0.717, 1.165) is 11.5 Å². The van der Waals surface area contributed by atoms with Crippen LogP contribution in [0.3, 0.4) is 0 Å². The van der Waals surface area contributed by atoms with Crippen molar-refractivity contribution in [2.24, 2.45) is 11.8 Å². The summed E-state index contributed by atoms with van der Waals surface area (Å²) in [7, 11) is -3.46. The number of carbonyl (C=O) groups is 2. The van der Waals surface area contributed by atoms with E-state index in [1.165, 1.54) is 25.3 Å². The average Bonchev–Trinajstić information content (AvgIpc) is 2.86. The smallest absolute Gasteiger partial charge is 0.353 e. The quantitative estimate of drug-likeness (QED) is 0.522. The SMILES string of the molecule is C[C@@H](O)[C@H]1C(=O)N2C(C(=O)O)=C(SC3CN(S(=O)(=O)N4CCSCC4)C3)[C@H](C)[C@H]12. The van der Waals surface area contributed by atoms with Crippen LogP contribution < -0.4 is 0 Å². The first-order chi connectivity index (χ1) is 13.6. The Morgan fingerprint density at radius 3 is 2.41 bits per heavy atom. The third-order valence-corrected chi connectivity index (χ3v) is 10.4. The maximum Gasteiger partial charge on any atom is 0.353 e. The zero-order chi connectivity index (χ0) is 21.1. The molecule has 0 aromatic heterocycles. The standard InChI is InChI=1S/C17H25N3O6S3/c1-9-13-12(10(2)21)16(22)20(13)14(17(23)24)15(9)28-11-7-19(8-11)29(25,26)18-3-5-27-6-4-18/h9-13,21H,3-8H2,1-2H3,(H,23,24)/t9-,10-,12-,13-/m1/s1. The summed E-state index contributed by atoms with van der Waals surface area (Å²) in [6, 6.07) is -0.345. The molecule has 4 heterocycles. The van der Waals surface area contributed by atoms with Gasteiger partial charge >= 0.3 is 5.97 Å². The second-order valence-electron chi connectivity index (χ2n) is 7.85. The van der Waals surface area contributed by atoms with Gasteiger partial charge in [-0.25, -0.2) is 4.79 Å². The van der Waals surface area contributed by atoms with Crippen LogP contribution >= 0.6 is 23.5 Å². The topological polar surface area (TPSA) is 118 Å². The Balaban J connectivity index is 1.45. The van der Waals surface area contributed by atoms with E-state index in [-0.39, 0.29) is 28.8 Å². The van der Waals surface area contributed by atoms with Crippen molar-refractivity contribution in [1.82, 2.24) is 13.5 Å². The van der Waals surface area contributed by atoms with Gasteiger partial charge in [-0.2, -0.15) is 28.8 Å². The molecule has 3 saturated heterocycles. The van der Waals surface area contributed by atoms with Crippen LogP contribution in [0.25, 0.3) is 0 Å². The lowest BCUT2D eigenvalue weighted by atomic mass is 9.79. The molecule has 162 valence electrons. The molecule has 0 aromatic rings. The number of hydrogen-bond donors (Lipinski definition) is 2. The first-order valence-corrected chi connectivity index (χ1v) is 13.1. The summed E-state index contributed by atoms with van der Waals surface area (Å²) in [5.41, 5.74) is -0.0104. The molecule has 0 saturated carbocycles. The summed E-state index contributed by atoms with van der Waals surface area (Å²) < 4.78 is 28.4. The zero-order valence-corrected chi connectivity index (χ0v) is 18.7. The first kappa shape index (κ1) is 21.4. The fourth-order valence-electron chi connectivity index (χ4n) is 4.46. The predicted molar refractivity (Wildman–Crippen MR) is 110 cm³/mol. The highest BCUT2D eigenvalue weighted by Gasteiger charge is 2.60. The third kappa shape index (κ3) is 3.41. The Morgan fingerprint density at radius 1 is 1.24 bits per heavy atom. The van der Waals surface area contributed by atoms with Gasteiger partial charge in [-0.05, 0) is 6.92 Å². The molecule has 29 heavy (non-hydrogen) atoms. The summed E-state index contributed by atoms with van der Waals surface area (Å²) in [5.74, 6) is -0.707. The van der Waals surface area contributed by atoms with Gasteiger partial charge in [0, 0.05) is 53.8 Å². The minimum Gasteiger partial charge on any atom is -0.477 e. The van der Waals surface area contributed by atoms with Gasteiger partial charge in [-0.1, -0.05) is 6.92 Å². The van der Waals surface area contributed by atoms with Crippen molar-refractivity contribution in [2.75, 3.05) is 37.7 Å². The molecule has 4 aliphatic heterocycles. The van der Waals surface area contributed by atoms with Gasteiger partial charge in [0.1, 0.15) is 5.70 Å². The minimum absolute atomic E-state index is 0.0104. The van der Waals surface area contributed by atoms with E-state index >= 15 is 0 Å². The first-order valence-electron chi connectivity index (χ1n) is 9.62. The maximum absolute atomic E-state index is 12.7. The van der Waals surface area contributed by atoms with Crippen LogP contribution in [0.5, 0.6) is 0 Å². The van der Waals surface area contributed by atoms with Crippen molar-refractivity contribution in [2.45, 2.75) is 31.2 Å². The number of fused-ring (bicyclic) bond motifs is 1. The lowest BCUT2D eigenvalue weighted by molar-refractivity contribution is -0.163. The van der Waals surface area contributed by atoms with E-state index in [4.69, 9.17) is 0 Å². The van der Waals surface area contributed by atoms with E-state index < -0.39 is 28.2 Å². The van der Waals surface area contributed by atoms with E-state index in [1.54, 1.807) is 18.7 Å². The van der Waals surface area contributed by atoms with Gasteiger partial charge in [0.05, 0.1) is 18.1 Å². The maximum atomic E-state index is 12.7. The number of rotatable bonds is 6. The molecule has 4 atom stereocenters. The number of β-lactam (4-membered cyclic amide) rings is 1. The van der Waals surface area contributed by atoms with Crippen molar-refractivity contribution in [3.8, 4) is 0 Å². The number of hydrogen-bond acceptors (Lipinski definition) is 7. The molecule has 3 fully saturated rings. The normalized spacial score (nSPS) is 32.7. The minimum atomic E-state index is -3.46. The van der Waals surface area contributed by atoms with E-state index in [0.29, 0.717) is 31.1 Å². The van der Waals surface area contributed by atoms with Gasteiger partial charge in [0.2, 0.25) is 5.91 Å². The molecular formula is C17H25N3O6S3. The highest BCUT2D eigenvalue weighted by atomic mass is 32.2. The fraction of sp³-hybridized carbons (Fsp3) is 0.765. The predicted octanol–water partition coefficient (Wildman–Crippen LogP) is -0.149. The summed E-state index contributed by atoms with van der Waals surface area (Å²) in [6.45, 7) is 5.12. The van der Waals surface area contributed by atoms with Crippen LogP contribution in [0.4, 0.5) is 0 Å². The van der Waals surface area contributed by atoms with Crippen LogP contribution in [0.1, 0.15) is 13.8 Å². The third-order valence-electron chi connectivity index (χ3n) is 6.04. The van der Waals surface area contributed by atoms with Gasteiger partial charge in [-0.15, -0.1) is 11.8 Å². The second kappa shape index (κ2) is 7.72. The number of aliphatic hydroxyl groups is 1. The zero-order valence-electron chi connectivity index (χ0n) is 16.2. The molecule has 12 heteroatoms. The van der Waals surface area contributed by atoms with Crippen molar-refractivity contribution in [3.63, 3.8) is 0 Å². The molecule has 0 unspecified atom stereocenters. The highest BCUT2D eigenvalue weighted by Crippen LogP contribution is 2.52. The summed E-state index contributed by atoms with van der Waals surface area (Å²) >= 11 is 3.11. The Labute approximate surface area is 178 Å².